The van der Waals surface area contributed by atoms with Crippen molar-refractivity contribution in [1.82, 2.24) is 0 Å². The molecule has 2 heteroatoms. The number of rotatable bonds is 6. The molecule has 0 bridgehead atoms. The van der Waals surface area contributed by atoms with Gasteiger partial charge in [-0.1, -0.05) is 34.6 Å². The van der Waals surface area contributed by atoms with E-state index in [0.717, 1.165) is 13.0 Å². The van der Waals surface area contributed by atoms with Crippen molar-refractivity contribution in [3.05, 3.63) is 0 Å². The van der Waals surface area contributed by atoms with E-state index in [4.69, 9.17) is 9.84 Å². The van der Waals surface area contributed by atoms with E-state index in [2.05, 4.69) is 20.8 Å². The molecule has 0 heterocycles. The molecule has 0 unspecified atom stereocenters. The summed E-state index contributed by atoms with van der Waals surface area (Å²) in [6.07, 6.45) is 1.12. The second-order valence-electron chi connectivity index (χ2n) is 5.33. The third-order valence-corrected chi connectivity index (χ3v) is 2.37. The first-order chi connectivity index (χ1) is 5.83. The molecule has 0 spiro atoms. The Kier molecular flexibility index (Phi) is 4.93. The van der Waals surface area contributed by atoms with Gasteiger partial charge in [0.05, 0.1) is 19.8 Å². The number of hydrogen-bond donors (Lipinski definition) is 1. The topological polar surface area (TPSA) is 29.5 Å². The first-order valence-corrected chi connectivity index (χ1v) is 5.01. The SMILES string of the molecule is CCC(C)(C)COCC(C)(C)CO. The van der Waals surface area contributed by atoms with E-state index in [-0.39, 0.29) is 17.4 Å². The summed E-state index contributed by atoms with van der Waals surface area (Å²) in [6.45, 7) is 12.1. The second kappa shape index (κ2) is 4.97. The summed E-state index contributed by atoms with van der Waals surface area (Å²) >= 11 is 0. The monoisotopic (exact) mass is 188 g/mol. The molecule has 0 aromatic carbocycles. The molecule has 2 nitrogen and oxygen atoms in total. The third-order valence-electron chi connectivity index (χ3n) is 2.37. The Morgan fingerprint density at radius 1 is 1.00 bits per heavy atom. The molecule has 13 heavy (non-hydrogen) atoms. The van der Waals surface area contributed by atoms with Gasteiger partial charge < -0.3 is 9.84 Å². The first kappa shape index (κ1) is 12.9. The van der Waals surface area contributed by atoms with E-state index in [1.165, 1.54) is 0 Å². The summed E-state index contributed by atoms with van der Waals surface area (Å²) in [5.74, 6) is 0. The maximum atomic E-state index is 9.00. The predicted molar refractivity (Wildman–Crippen MR) is 55.8 cm³/mol. The van der Waals surface area contributed by atoms with Crippen molar-refractivity contribution in [2.75, 3.05) is 19.8 Å². The van der Waals surface area contributed by atoms with Crippen LogP contribution in [-0.4, -0.2) is 24.9 Å². The van der Waals surface area contributed by atoms with E-state index in [1.807, 2.05) is 13.8 Å². The summed E-state index contributed by atoms with van der Waals surface area (Å²) in [4.78, 5) is 0. The van der Waals surface area contributed by atoms with E-state index in [0.29, 0.717) is 6.61 Å². The maximum absolute atomic E-state index is 9.00. The van der Waals surface area contributed by atoms with Crippen LogP contribution in [0.25, 0.3) is 0 Å². The first-order valence-electron chi connectivity index (χ1n) is 5.01. The van der Waals surface area contributed by atoms with Crippen molar-refractivity contribution in [1.29, 1.82) is 0 Å². The van der Waals surface area contributed by atoms with Crippen LogP contribution < -0.4 is 0 Å². The Hall–Kier alpha value is -0.0800. The summed E-state index contributed by atoms with van der Waals surface area (Å²) in [5.41, 5.74) is 0.148. The molecular formula is C11H24O2. The normalized spacial score (nSPS) is 13.4. The van der Waals surface area contributed by atoms with Gasteiger partial charge in [-0.2, -0.15) is 0 Å². The van der Waals surface area contributed by atoms with Gasteiger partial charge in [0, 0.05) is 5.41 Å². The van der Waals surface area contributed by atoms with Crippen molar-refractivity contribution < 1.29 is 9.84 Å². The van der Waals surface area contributed by atoms with Gasteiger partial charge in [0.15, 0.2) is 0 Å². The largest absolute Gasteiger partial charge is 0.396 e. The van der Waals surface area contributed by atoms with Gasteiger partial charge in [-0.05, 0) is 11.8 Å². The highest BCUT2D eigenvalue weighted by Crippen LogP contribution is 2.21. The highest BCUT2D eigenvalue weighted by molar-refractivity contribution is 4.68. The zero-order chi connectivity index (χ0) is 10.5. The van der Waals surface area contributed by atoms with Crippen LogP contribution in [0.4, 0.5) is 0 Å². The minimum Gasteiger partial charge on any atom is -0.396 e. The molecular weight excluding hydrogens is 164 g/mol. The van der Waals surface area contributed by atoms with Crippen molar-refractivity contribution >= 4 is 0 Å². The molecule has 0 radical (unpaired) electrons. The van der Waals surface area contributed by atoms with Gasteiger partial charge in [0.1, 0.15) is 0 Å². The van der Waals surface area contributed by atoms with Crippen LogP contribution in [0.3, 0.4) is 0 Å². The zero-order valence-electron chi connectivity index (χ0n) is 9.68. The minimum atomic E-state index is -0.107. The molecule has 0 aliphatic carbocycles. The van der Waals surface area contributed by atoms with Crippen molar-refractivity contribution in [3.63, 3.8) is 0 Å². The Bertz CT molecular complexity index is 123. The minimum absolute atomic E-state index is 0.107. The van der Waals surface area contributed by atoms with Crippen LogP contribution in [0.15, 0.2) is 0 Å². The van der Waals surface area contributed by atoms with Crippen molar-refractivity contribution in [2.24, 2.45) is 10.8 Å². The summed E-state index contributed by atoms with van der Waals surface area (Å²) in [5, 5.41) is 9.00. The van der Waals surface area contributed by atoms with Gasteiger partial charge in [-0.25, -0.2) is 0 Å². The van der Waals surface area contributed by atoms with Crippen LogP contribution in [0.2, 0.25) is 0 Å². The zero-order valence-corrected chi connectivity index (χ0v) is 9.68. The van der Waals surface area contributed by atoms with Gasteiger partial charge in [0.25, 0.3) is 0 Å². The maximum Gasteiger partial charge on any atom is 0.0539 e. The molecule has 0 saturated carbocycles. The van der Waals surface area contributed by atoms with Crippen LogP contribution in [0.1, 0.15) is 41.0 Å². The fourth-order valence-electron chi connectivity index (χ4n) is 0.751. The molecule has 0 fully saturated rings. The number of hydrogen-bond acceptors (Lipinski definition) is 2. The van der Waals surface area contributed by atoms with E-state index in [9.17, 15) is 0 Å². The van der Waals surface area contributed by atoms with Gasteiger partial charge in [-0.3, -0.25) is 0 Å². The lowest BCUT2D eigenvalue weighted by molar-refractivity contribution is -0.00643. The number of aliphatic hydroxyl groups is 1. The quantitative estimate of drug-likeness (QED) is 0.694. The van der Waals surface area contributed by atoms with E-state index < -0.39 is 0 Å². The fourth-order valence-corrected chi connectivity index (χ4v) is 0.751. The third kappa shape index (κ3) is 6.05. The molecule has 80 valence electrons. The molecule has 0 saturated heterocycles. The molecule has 0 aliphatic heterocycles. The van der Waals surface area contributed by atoms with Crippen LogP contribution in [0, 0.1) is 10.8 Å². The molecule has 0 rings (SSSR count). The van der Waals surface area contributed by atoms with Crippen molar-refractivity contribution in [2.45, 2.75) is 41.0 Å². The average molecular weight is 188 g/mol. The van der Waals surface area contributed by atoms with Crippen LogP contribution in [0.5, 0.6) is 0 Å². The smallest absolute Gasteiger partial charge is 0.0539 e. The highest BCUT2D eigenvalue weighted by Gasteiger charge is 2.20. The van der Waals surface area contributed by atoms with E-state index in [1.54, 1.807) is 0 Å². The van der Waals surface area contributed by atoms with Crippen molar-refractivity contribution in [3.8, 4) is 0 Å². The van der Waals surface area contributed by atoms with Gasteiger partial charge in [-0.15, -0.1) is 0 Å². The van der Waals surface area contributed by atoms with Crippen LogP contribution in [-0.2, 0) is 4.74 Å². The molecule has 0 atom stereocenters. The Morgan fingerprint density at radius 2 is 1.46 bits per heavy atom. The van der Waals surface area contributed by atoms with Gasteiger partial charge in [0.2, 0.25) is 0 Å². The molecule has 1 N–H and O–H groups in total. The molecule has 0 aromatic rings. The Balaban J connectivity index is 3.68. The molecule has 0 aromatic heterocycles. The highest BCUT2D eigenvalue weighted by atomic mass is 16.5. The standard InChI is InChI=1S/C11H24O2/c1-6-10(2,3)8-13-9-11(4,5)7-12/h12H,6-9H2,1-5H3. The van der Waals surface area contributed by atoms with Crippen LogP contribution >= 0.6 is 0 Å². The Labute approximate surface area is 82.3 Å². The fraction of sp³-hybridized carbons (Fsp3) is 1.00. The summed E-state index contributed by atoms with van der Waals surface area (Å²) in [6, 6.07) is 0. The number of aliphatic hydroxyl groups excluding tert-OH is 1. The second-order valence-corrected chi connectivity index (χ2v) is 5.33. The Morgan fingerprint density at radius 3 is 1.85 bits per heavy atom. The lowest BCUT2D eigenvalue weighted by atomic mass is 9.91. The average Bonchev–Trinajstić information content (AvgIpc) is 2.04. The van der Waals surface area contributed by atoms with Gasteiger partial charge >= 0.3 is 0 Å². The number of ether oxygens (including phenoxy) is 1. The molecule has 0 aliphatic rings. The lowest BCUT2D eigenvalue weighted by Crippen LogP contribution is -2.27. The summed E-state index contributed by atoms with van der Waals surface area (Å²) < 4.78 is 5.58. The molecule has 0 amide bonds. The van der Waals surface area contributed by atoms with E-state index >= 15 is 0 Å². The lowest BCUT2D eigenvalue weighted by Gasteiger charge is -2.26. The summed E-state index contributed by atoms with van der Waals surface area (Å²) in [7, 11) is 0. The predicted octanol–water partition coefficient (Wildman–Crippen LogP) is 2.46.